The van der Waals surface area contributed by atoms with Crippen LogP contribution in [0.5, 0.6) is 0 Å². The van der Waals surface area contributed by atoms with Gasteiger partial charge in [0.05, 0.1) is 22.0 Å². The number of hydrogen-bond acceptors (Lipinski definition) is 5. The van der Waals surface area contributed by atoms with Gasteiger partial charge in [0.1, 0.15) is 0 Å². The molecule has 1 amide bonds. The number of carbonyl (C=O) groups excluding carboxylic acids is 1. The molecule has 0 fully saturated rings. The molecular weight excluding hydrogens is 506 g/mol. The van der Waals surface area contributed by atoms with Crippen LogP contribution in [0.4, 0.5) is 18.9 Å². The molecule has 12 heteroatoms. The second kappa shape index (κ2) is 10.7. The van der Waals surface area contributed by atoms with Gasteiger partial charge < -0.3 is 10.3 Å². The van der Waals surface area contributed by atoms with E-state index in [1.807, 2.05) is 12.1 Å². The second-order valence-electron chi connectivity index (χ2n) is 6.31. The number of hydrogen-bond donors (Lipinski definition) is 2. The molecule has 0 atom stereocenters. The van der Waals surface area contributed by atoms with Crippen molar-refractivity contribution in [3.63, 3.8) is 0 Å². The minimum atomic E-state index is -4.64. The highest BCUT2D eigenvalue weighted by atomic mass is 35.5. The summed E-state index contributed by atoms with van der Waals surface area (Å²) in [5.74, 6) is -0.300. The smallest absolute Gasteiger partial charge is 0.325 e. The van der Waals surface area contributed by atoms with Crippen molar-refractivity contribution >= 4 is 58.3 Å². The van der Waals surface area contributed by atoms with Crippen LogP contribution in [0, 0.1) is 0 Å². The lowest BCUT2D eigenvalue weighted by Crippen LogP contribution is -2.16. The number of anilines is 1. The van der Waals surface area contributed by atoms with Gasteiger partial charge in [0, 0.05) is 27.4 Å². The van der Waals surface area contributed by atoms with Gasteiger partial charge in [-0.25, -0.2) is 4.98 Å². The summed E-state index contributed by atoms with van der Waals surface area (Å²) in [6.07, 6.45) is -4.64. The number of aromatic amines is 1. The maximum atomic E-state index is 12.9. The van der Waals surface area contributed by atoms with Crippen LogP contribution in [0.1, 0.15) is 11.3 Å². The third-order valence-corrected chi connectivity index (χ3v) is 6.37. The first-order chi connectivity index (χ1) is 15.1. The van der Waals surface area contributed by atoms with Crippen molar-refractivity contribution in [1.82, 2.24) is 9.97 Å². The third-order valence-electron chi connectivity index (χ3n) is 3.87. The van der Waals surface area contributed by atoms with Crippen LogP contribution in [0.15, 0.2) is 63.4 Å². The van der Waals surface area contributed by atoms with Crippen molar-refractivity contribution < 1.29 is 18.0 Å². The molecule has 2 aromatic carbocycles. The first kappa shape index (κ1) is 24.5. The number of halogens is 5. The summed E-state index contributed by atoms with van der Waals surface area (Å²) in [5.41, 5.74) is -0.935. The number of nitrogens with zero attached hydrogens (tertiary/aromatic N) is 1. The molecule has 0 radical (unpaired) electrons. The van der Waals surface area contributed by atoms with E-state index >= 15 is 0 Å². The summed E-state index contributed by atoms with van der Waals surface area (Å²) in [4.78, 5) is 31.9. The summed E-state index contributed by atoms with van der Waals surface area (Å²) in [6, 6.07) is 11.7. The number of amides is 1. The number of H-pyrrole nitrogens is 1. The summed E-state index contributed by atoms with van der Waals surface area (Å²) in [7, 11) is 0. The Bertz CT molecular complexity index is 1170. The number of thioether (sulfide) groups is 2. The van der Waals surface area contributed by atoms with E-state index in [0.29, 0.717) is 16.5 Å². The van der Waals surface area contributed by atoms with Gasteiger partial charge in [-0.1, -0.05) is 35.0 Å². The van der Waals surface area contributed by atoms with Crippen molar-refractivity contribution in [2.45, 2.75) is 22.0 Å². The Labute approximate surface area is 199 Å². The first-order valence-electron chi connectivity index (χ1n) is 8.88. The molecule has 1 aromatic heterocycles. The second-order valence-corrected chi connectivity index (χ2v) is 9.17. The molecule has 32 heavy (non-hydrogen) atoms. The number of rotatable bonds is 7. The minimum Gasteiger partial charge on any atom is -0.325 e. The SMILES string of the molecule is O=C(CSc1nc(CSc2ccc(Cl)cc2)cc(=O)[nH]1)Nc1ccc(Cl)c(C(F)(F)F)c1. The van der Waals surface area contributed by atoms with Gasteiger partial charge in [0.25, 0.3) is 5.56 Å². The summed E-state index contributed by atoms with van der Waals surface area (Å²) < 4.78 is 38.8. The lowest BCUT2D eigenvalue weighted by Gasteiger charge is -2.11. The Morgan fingerprint density at radius 1 is 1.06 bits per heavy atom. The quantitative estimate of drug-likeness (QED) is 0.290. The lowest BCUT2D eigenvalue weighted by molar-refractivity contribution is -0.137. The molecule has 3 rings (SSSR count). The standard InChI is InChI=1S/C20H14Cl2F3N3O2S2/c21-11-1-4-14(5-2-11)31-9-13-8-17(29)28-19(27-13)32-10-18(30)26-12-3-6-16(22)15(7-12)20(23,24)25/h1-8H,9-10H2,(H,26,30)(H,27,28,29). The van der Waals surface area contributed by atoms with Gasteiger partial charge in [0.2, 0.25) is 5.91 Å². The third kappa shape index (κ3) is 7.19. The fourth-order valence-corrected chi connectivity index (χ4v) is 4.30. The molecule has 0 unspecified atom stereocenters. The fraction of sp³-hybridized carbons (Fsp3) is 0.150. The van der Waals surface area contributed by atoms with E-state index in [1.54, 1.807) is 12.1 Å². The van der Waals surface area contributed by atoms with Gasteiger partial charge in [0.15, 0.2) is 5.16 Å². The van der Waals surface area contributed by atoms with Crippen molar-refractivity contribution in [2.75, 3.05) is 11.1 Å². The molecule has 2 N–H and O–H groups in total. The number of nitrogens with one attached hydrogen (secondary N) is 2. The van der Waals surface area contributed by atoms with E-state index in [0.717, 1.165) is 28.8 Å². The number of benzene rings is 2. The maximum absolute atomic E-state index is 12.9. The lowest BCUT2D eigenvalue weighted by atomic mass is 10.2. The maximum Gasteiger partial charge on any atom is 0.417 e. The molecule has 0 aliphatic rings. The molecule has 0 saturated carbocycles. The largest absolute Gasteiger partial charge is 0.417 e. The van der Waals surface area contributed by atoms with Gasteiger partial charge in [-0.15, -0.1) is 11.8 Å². The Kier molecular flexibility index (Phi) is 8.16. The Morgan fingerprint density at radius 3 is 2.47 bits per heavy atom. The van der Waals surface area contributed by atoms with Crippen LogP contribution in [0.25, 0.3) is 0 Å². The monoisotopic (exact) mass is 519 g/mol. The first-order valence-corrected chi connectivity index (χ1v) is 11.6. The number of alkyl halides is 3. The molecule has 0 saturated heterocycles. The molecule has 3 aromatic rings. The highest BCUT2D eigenvalue weighted by molar-refractivity contribution is 7.99. The van der Waals surface area contributed by atoms with E-state index in [2.05, 4.69) is 15.3 Å². The van der Waals surface area contributed by atoms with Gasteiger partial charge in [-0.2, -0.15) is 13.2 Å². The van der Waals surface area contributed by atoms with Crippen LogP contribution in [0.2, 0.25) is 10.0 Å². The molecule has 1 heterocycles. The topological polar surface area (TPSA) is 74.8 Å². The van der Waals surface area contributed by atoms with E-state index in [9.17, 15) is 22.8 Å². The molecule has 168 valence electrons. The average molecular weight is 520 g/mol. The number of aromatic nitrogens is 2. The molecular formula is C20H14Cl2F3N3O2S2. The van der Waals surface area contributed by atoms with Gasteiger partial charge >= 0.3 is 6.18 Å². The summed E-state index contributed by atoms with van der Waals surface area (Å²) in [6.45, 7) is 0. The van der Waals surface area contributed by atoms with Crippen molar-refractivity contribution in [3.8, 4) is 0 Å². The van der Waals surface area contributed by atoms with Crippen molar-refractivity contribution in [3.05, 3.63) is 80.2 Å². The Morgan fingerprint density at radius 2 is 1.78 bits per heavy atom. The predicted octanol–water partition coefficient (Wildman–Crippen LogP) is 6.12. The molecule has 5 nitrogen and oxygen atoms in total. The summed E-state index contributed by atoms with van der Waals surface area (Å²) in [5, 5.41) is 2.77. The van der Waals surface area contributed by atoms with E-state index in [4.69, 9.17) is 23.2 Å². The Hall–Kier alpha value is -2.14. The molecule has 0 aliphatic heterocycles. The van der Waals surface area contributed by atoms with Crippen LogP contribution in [-0.4, -0.2) is 21.6 Å². The zero-order chi connectivity index (χ0) is 23.3. The van der Waals surface area contributed by atoms with Gasteiger partial charge in [-0.3, -0.25) is 9.59 Å². The zero-order valence-corrected chi connectivity index (χ0v) is 19.1. The molecule has 0 bridgehead atoms. The average Bonchev–Trinajstić information content (AvgIpc) is 2.72. The fourth-order valence-electron chi connectivity index (χ4n) is 2.47. The summed E-state index contributed by atoms with van der Waals surface area (Å²) >= 11 is 13.9. The van der Waals surface area contributed by atoms with E-state index in [1.165, 1.54) is 23.9 Å². The van der Waals surface area contributed by atoms with E-state index in [-0.39, 0.29) is 22.2 Å². The minimum absolute atomic E-state index is 0.0399. The zero-order valence-electron chi connectivity index (χ0n) is 16.0. The van der Waals surface area contributed by atoms with Crippen LogP contribution < -0.4 is 10.9 Å². The number of carbonyl (C=O) groups is 1. The molecule has 0 aliphatic carbocycles. The van der Waals surface area contributed by atoms with Crippen LogP contribution >= 0.6 is 46.7 Å². The highest BCUT2D eigenvalue weighted by Crippen LogP contribution is 2.36. The van der Waals surface area contributed by atoms with E-state index < -0.39 is 22.7 Å². The normalized spacial score (nSPS) is 11.4. The predicted molar refractivity (Wildman–Crippen MR) is 122 cm³/mol. The van der Waals surface area contributed by atoms with Crippen molar-refractivity contribution in [1.29, 1.82) is 0 Å². The van der Waals surface area contributed by atoms with Crippen molar-refractivity contribution in [2.24, 2.45) is 0 Å². The Balaban J connectivity index is 1.60. The van der Waals surface area contributed by atoms with Gasteiger partial charge in [-0.05, 0) is 42.5 Å². The van der Waals surface area contributed by atoms with Crippen LogP contribution in [0.3, 0.4) is 0 Å². The molecule has 0 spiro atoms. The van der Waals surface area contributed by atoms with Crippen LogP contribution in [-0.2, 0) is 16.7 Å². The highest BCUT2D eigenvalue weighted by Gasteiger charge is 2.33.